The van der Waals surface area contributed by atoms with Gasteiger partial charge in [-0.15, -0.1) is 0 Å². The Balaban J connectivity index is 1.81. The Kier molecular flexibility index (Phi) is 12.9. The molecule has 2 N–H and O–H groups in total. The third-order valence-corrected chi connectivity index (χ3v) is 7.05. The third kappa shape index (κ3) is 10.3. The van der Waals surface area contributed by atoms with Crippen molar-refractivity contribution in [2.75, 3.05) is 59.7 Å². The van der Waals surface area contributed by atoms with Crippen molar-refractivity contribution in [2.45, 2.75) is 39.0 Å². The zero-order chi connectivity index (χ0) is 28.6. The lowest BCUT2D eigenvalue weighted by Crippen LogP contribution is -2.49. The molecule has 0 fully saturated rings. The number of ether oxygens (including phenoxy) is 3. The van der Waals surface area contributed by atoms with E-state index >= 15 is 0 Å². The molecule has 9 nitrogen and oxygen atoms in total. The monoisotopic (exact) mass is 553 g/mol. The smallest absolute Gasteiger partial charge is 0.314 e. The summed E-state index contributed by atoms with van der Waals surface area (Å²) in [5.41, 5.74) is 1.12. The van der Waals surface area contributed by atoms with Crippen LogP contribution in [0.3, 0.4) is 0 Å². The number of nitrogens with zero attached hydrogens (tertiary/aromatic N) is 1. The van der Waals surface area contributed by atoms with Gasteiger partial charge in [-0.05, 0) is 68.8 Å². The molecule has 40 heavy (non-hydrogen) atoms. The second-order valence-corrected chi connectivity index (χ2v) is 10.2. The molecule has 0 saturated heterocycles. The van der Waals surface area contributed by atoms with Crippen LogP contribution >= 0.6 is 0 Å². The number of hydrogen-bond donors (Lipinski definition) is 2. The van der Waals surface area contributed by atoms with Gasteiger partial charge in [-0.3, -0.25) is 19.3 Å². The summed E-state index contributed by atoms with van der Waals surface area (Å²) >= 11 is 0. The van der Waals surface area contributed by atoms with Gasteiger partial charge in [-0.1, -0.05) is 42.5 Å². The van der Waals surface area contributed by atoms with E-state index in [1.807, 2.05) is 41.3 Å². The molecule has 2 aromatic rings. The van der Waals surface area contributed by atoms with E-state index < -0.39 is 5.41 Å². The molecule has 3 rings (SSSR count). The number of carbonyl (C=O) groups excluding carboxylic acids is 3. The third-order valence-electron chi connectivity index (χ3n) is 7.05. The lowest BCUT2D eigenvalue weighted by Gasteiger charge is -2.32. The van der Waals surface area contributed by atoms with Crippen LogP contribution in [0.2, 0.25) is 0 Å². The van der Waals surface area contributed by atoms with Crippen molar-refractivity contribution < 1.29 is 28.6 Å². The van der Waals surface area contributed by atoms with Crippen molar-refractivity contribution in [1.82, 2.24) is 15.5 Å². The first-order chi connectivity index (χ1) is 19.4. The van der Waals surface area contributed by atoms with Crippen molar-refractivity contribution in [3.63, 3.8) is 0 Å². The van der Waals surface area contributed by atoms with Gasteiger partial charge in [0.15, 0.2) is 6.61 Å². The van der Waals surface area contributed by atoms with Gasteiger partial charge >= 0.3 is 5.97 Å². The van der Waals surface area contributed by atoms with Crippen LogP contribution in [0, 0.1) is 5.41 Å². The molecule has 1 unspecified atom stereocenters. The van der Waals surface area contributed by atoms with Gasteiger partial charge in [0.25, 0.3) is 5.91 Å². The first-order valence-electron chi connectivity index (χ1n) is 14.1. The fourth-order valence-corrected chi connectivity index (χ4v) is 4.96. The first-order valence-corrected chi connectivity index (χ1v) is 14.1. The Morgan fingerprint density at radius 3 is 2.65 bits per heavy atom. The molecule has 2 aromatic carbocycles. The van der Waals surface area contributed by atoms with Crippen LogP contribution in [0.1, 0.15) is 37.3 Å². The highest BCUT2D eigenvalue weighted by Gasteiger charge is 2.40. The molecule has 9 heteroatoms. The van der Waals surface area contributed by atoms with Crippen molar-refractivity contribution in [3.05, 3.63) is 65.7 Å². The number of benzene rings is 2. The highest BCUT2D eigenvalue weighted by molar-refractivity contribution is 5.81. The van der Waals surface area contributed by atoms with Crippen molar-refractivity contribution in [1.29, 1.82) is 0 Å². The Morgan fingerprint density at radius 1 is 1.05 bits per heavy atom. The number of methoxy groups -OCH3 is 1. The Hall–Kier alpha value is -3.43. The summed E-state index contributed by atoms with van der Waals surface area (Å²) in [6, 6.07) is 17.6. The predicted octanol–water partition coefficient (Wildman–Crippen LogP) is 2.76. The minimum absolute atomic E-state index is 0.116. The van der Waals surface area contributed by atoms with E-state index in [9.17, 15) is 14.4 Å². The van der Waals surface area contributed by atoms with Gasteiger partial charge in [0, 0.05) is 33.4 Å². The molecule has 0 aliphatic carbocycles. The zero-order valence-electron chi connectivity index (χ0n) is 23.8. The van der Waals surface area contributed by atoms with E-state index in [0.717, 1.165) is 18.4 Å². The van der Waals surface area contributed by atoms with Gasteiger partial charge in [0.05, 0.1) is 18.6 Å². The molecule has 0 saturated carbocycles. The average Bonchev–Trinajstić information content (AvgIpc) is 2.95. The Bertz CT molecular complexity index is 1080. The molecule has 1 aliphatic rings. The van der Waals surface area contributed by atoms with Gasteiger partial charge in [-0.25, -0.2) is 0 Å². The van der Waals surface area contributed by atoms with E-state index in [2.05, 4.69) is 22.8 Å². The van der Waals surface area contributed by atoms with Gasteiger partial charge in [0.2, 0.25) is 5.91 Å². The van der Waals surface area contributed by atoms with Crippen molar-refractivity contribution in [3.8, 4) is 5.75 Å². The standard InChI is InChI=1S/C31H43N3O6/c1-3-39-30(37)31(15-9-19-38-2)21-26-12-7-14-27(20-26)40-23-29(36)32-16-18-34(22-28(35)33-24-31)17-8-13-25-10-5-4-6-11-25/h4-7,10-12,14,20H,3,8-9,13,15-19,21-24H2,1-2H3,(H,32,36)(H,33,35). The summed E-state index contributed by atoms with van der Waals surface area (Å²) in [6.45, 7) is 4.30. The van der Waals surface area contributed by atoms with Crippen LogP contribution in [-0.2, 0) is 36.7 Å². The molecule has 2 bridgehead atoms. The zero-order valence-corrected chi connectivity index (χ0v) is 23.8. The number of nitrogens with one attached hydrogen (secondary N) is 2. The fraction of sp³-hybridized carbons (Fsp3) is 0.516. The van der Waals surface area contributed by atoms with Crippen molar-refractivity contribution >= 4 is 17.8 Å². The number of hydrogen-bond acceptors (Lipinski definition) is 7. The summed E-state index contributed by atoms with van der Waals surface area (Å²) in [7, 11) is 1.63. The summed E-state index contributed by atoms with van der Waals surface area (Å²) in [5, 5.41) is 5.92. The van der Waals surface area contributed by atoms with E-state index in [1.54, 1.807) is 20.1 Å². The number of rotatable bonds is 10. The van der Waals surface area contributed by atoms with Crippen LogP contribution < -0.4 is 15.4 Å². The summed E-state index contributed by atoms with van der Waals surface area (Å²) < 4.78 is 16.6. The van der Waals surface area contributed by atoms with Crippen LogP contribution in [0.5, 0.6) is 5.75 Å². The van der Waals surface area contributed by atoms with Gasteiger partial charge < -0.3 is 24.8 Å². The average molecular weight is 554 g/mol. The number of esters is 1. The lowest BCUT2D eigenvalue weighted by atomic mass is 9.77. The van der Waals surface area contributed by atoms with Crippen LogP contribution in [0.25, 0.3) is 0 Å². The Labute approximate surface area is 237 Å². The molecular formula is C31H43N3O6. The highest BCUT2D eigenvalue weighted by atomic mass is 16.5. The fourth-order valence-electron chi connectivity index (χ4n) is 4.96. The second-order valence-electron chi connectivity index (χ2n) is 10.2. The largest absolute Gasteiger partial charge is 0.484 e. The minimum Gasteiger partial charge on any atom is -0.484 e. The number of aryl methyl sites for hydroxylation is 1. The number of fused-ring (bicyclic) bond motifs is 2. The first kappa shape index (κ1) is 31.1. The molecule has 0 aromatic heterocycles. The van der Waals surface area contributed by atoms with E-state index in [-0.39, 0.29) is 44.1 Å². The molecule has 2 amide bonds. The van der Waals surface area contributed by atoms with Gasteiger partial charge in [-0.2, -0.15) is 0 Å². The summed E-state index contributed by atoms with van der Waals surface area (Å²) in [6.07, 6.45) is 3.22. The molecule has 1 heterocycles. The maximum absolute atomic E-state index is 13.4. The van der Waals surface area contributed by atoms with Crippen molar-refractivity contribution in [2.24, 2.45) is 5.41 Å². The van der Waals surface area contributed by atoms with Crippen LogP contribution in [0.4, 0.5) is 0 Å². The van der Waals surface area contributed by atoms with Crippen LogP contribution in [0.15, 0.2) is 54.6 Å². The highest BCUT2D eigenvalue weighted by Crippen LogP contribution is 2.32. The van der Waals surface area contributed by atoms with E-state index in [1.165, 1.54) is 5.56 Å². The molecule has 0 radical (unpaired) electrons. The second kappa shape index (κ2) is 16.6. The maximum Gasteiger partial charge on any atom is 0.314 e. The number of amides is 2. The minimum atomic E-state index is -0.977. The SMILES string of the molecule is CCOC(=O)C1(CCCOC)CNC(=O)CN(CCCc2ccccc2)CCNC(=O)COc2cccc(c2)C1. The predicted molar refractivity (Wildman–Crippen MR) is 153 cm³/mol. The molecule has 218 valence electrons. The summed E-state index contributed by atoms with van der Waals surface area (Å²) in [5.74, 6) is -0.207. The normalized spacial score (nSPS) is 19.2. The lowest BCUT2D eigenvalue weighted by molar-refractivity contribution is -0.156. The summed E-state index contributed by atoms with van der Waals surface area (Å²) in [4.78, 5) is 41.1. The molecule has 1 aliphatic heterocycles. The molecular weight excluding hydrogens is 510 g/mol. The van der Waals surface area contributed by atoms with Crippen LogP contribution in [-0.4, -0.2) is 82.3 Å². The van der Waals surface area contributed by atoms with Gasteiger partial charge in [0.1, 0.15) is 5.75 Å². The topological polar surface area (TPSA) is 106 Å². The maximum atomic E-state index is 13.4. The molecule has 0 spiro atoms. The van der Waals surface area contributed by atoms with E-state index in [0.29, 0.717) is 51.3 Å². The Morgan fingerprint density at radius 2 is 1.88 bits per heavy atom. The van der Waals surface area contributed by atoms with E-state index in [4.69, 9.17) is 14.2 Å². The quantitative estimate of drug-likeness (QED) is 0.344. The molecule has 1 atom stereocenters. The number of carbonyl (C=O) groups is 3.